The number of benzene rings is 12. The van der Waals surface area contributed by atoms with Crippen molar-refractivity contribution in [1.29, 1.82) is 0 Å². The molecule has 562 valence electrons. The SMILES string of the molecule is O=C(N/N=C\c1ccccc1Oc1cccc2c3nc4nc(nc5[n-]c(nc6nc(nc([n-]3)c12)-c1cc(Oc2ccccc2/C=N/NC(=O)c2ccccc2O)ccc1-6)c1ccc(Oc2ccccc2/C=N/NC(=O)c2ccccc2O)cc51)-c1cccc(Oc2ccccc2/C=N/NC(=O)c2ccccc2O)c1-4)c1ccccc1O.[Zn+2]. The summed E-state index contributed by atoms with van der Waals surface area (Å²) in [6.07, 6.45) is 5.64. The number of amides is 4. The van der Waals surface area contributed by atoms with Gasteiger partial charge >= 0.3 is 19.5 Å². The first kappa shape index (κ1) is 74.7. The molecule has 0 fully saturated rings. The Bertz CT molecular complexity index is 6830. The van der Waals surface area contributed by atoms with Crippen molar-refractivity contribution in [2.24, 2.45) is 20.4 Å². The number of rotatable bonds is 20. The molecule has 2 aliphatic rings. The average molecular weight is 1590 g/mol. The number of phenolic OH excluding ortho intramolecular Hbond substituents is 4. The van der Waals surface area contributed by atoms with E-state index in [9.17, 15) is 39.6 Å². The monoisotopic (exact) mass is 1590 g/mol. The van der Waals surface area contributed by atoms with E-state index in [1.54, 1.807) is 212 Å². The van der Waals surface area contributed by atoms with E-state index < -0.39 is 23.6 Å². The third-order valence-corrected chi connectivity index (χ3v) is 18.3. The number of aromatic hydroxyl groups is 4. The van der Waals surface area contributed by atoms with Crippen LogP contribution in [0, 0.1) is 0 Å². The summed E-state index contributed by atoms with van der Waals surface area (Å²) >= 11 is 0. The first-order valence-electron chi connectivity index (χ1n) is 35.6. The van der Waals surface area contributed by atoms with Gasteiger partial charge in [0.15, 0.2) is 0 Å². The second-order valence-electron chi connectivity index (χ2n) is 25.7. The van der Waals surface area contributed by atoms with Gasteiger partial charge in [-0.3, -0.25) is 19.2 Å². The summed E-state index contributed by atoms with van der Waals surface area (Å²) in [7, 11) is 0. The van der Waals surface area contributed by atoms with Crippen LogP contribution in [0.15, 0.2) is 287 Å². The van der Waals surface area contributed by atoms with Crippen molar-refractivity contribution in [3.05, 3.63) is 311 Å². The van der Waals surface area contributed by atoms with E-state index in [0.29, 0.717) is 101 Å². The molecule has 117 heavy (non-hydrogen) atoms. The van der Waals surface area contributed by atoms with Gasteiger partial charge in [0, 0.05) is 66.9 Å². The third kappa shape index (κ3) is 15.7. The number of nitrogens with zero attached hydrogens (tertiary/aromatic N) is 12. The zero-order valence-corrected chi connectivity index (χ0v) is 63.8. The fourth-order valence-corrected chi connectivity index (χ4v) is 12.7. The fourth-order valence-electron chi connectivity index (χ4n) is 12.7. The van der Waals surface area contributed by atoms with E-state index >= 15 is 0 Å². The van der Waals surface area contributed by atoms with Crippen LogP contribution < -0.4 is 50.6 Å². The Morgan fingerprint density at radius 3 is 1.15 bits per heavy atom. The normalized spacial score (nSPS) is 11.5. The first-order chi connectivity index (χ1) is 56.8. The van der Waals surface area contributed by atoms with Crippen LogP contribution in [0.25, 0.3) is 89.7 Å². The molecule has 0 aliphatic carbocycles. The predicted molar refractivity (Wildman–Crippen MR) is 433 cm³/mol. The Hall–Kier alpha value is -16.4. The summed E-state index contributed by atoms with van der Waals surface area (Å²) in [5.41, 5.74) is 14.1. The van der Waals surface area contributed by atoms with Crippen molar-refractivity contribution in [2.75, 3.05) is 0 Å². The maximum Gasteiger partial charge on any atom is 2.00 e. The predicted octanol–water partition coefficient (Wildman–Crippen LogP) is 15.2. The smallest absolute Gasteiger partial charge is 0.507 e. The van der Waals surface area contributed by atoms with Gasteiger partial charge in [-0.25, -0.2) is 31.7 Å². The first-order valence-corrected chi connectivity index (χ1v) is 35.6. The van der Waals surface area contributed by atoms with E-state index in [1.807, 2.05) is 6.07 Å². The van der Waals surface area contributed by atoms with Crippen molar-refractivity contribution in [3.8, 4) is 115 Å². The van der Waals surface area contributed by atoms with Crippen LogP contribution in [0.5, 0.6) is 69.0 Å². The zero-order valence-electron chi connectivity index (χ0n) is 60.8. The standard InChI is InChI=1S/C88H58N16O12.Zn/c105-65-29-9-5-23-57(65)85(109)101-89-45-49-19-1-13-33-69(49)113-53-39-41-55-63(43-53)81-94-77(55)93-78-56-42-40-54(114-70-34-14-2-20-50(70)46-90-102-86(110)58-24-6-10-30-66(58)106)44-64(56)82(95-78)100-84-76-62(28-18-38-74(76)116-72-36-16-4-22-52(72)48-92-104-88(112)60-26-8-12-32-68(60)108)80(99-84)98-83-75-61(79(96-81)97-83)27-17-37-73(75)115-71-35-15-3-21-51(71)47-91-103-87(111)59-25-7-11-31-67(59)107;/h1-48H,(H10,93,94,95,96,97,98,99,100,101,102,103,104,105,106,107,108,109,110,111,112);/q;+2/p-2/b89-45+,90-46+,91-47+,92-48-;. The molecule has 28 nitrogen and oxygen atoms in total. The van der Waals surface area contributed by atoms with E-state index in [4.69, 9.17) is 58.8 Å². The third-order valence-electron chi connectivity index (χ3n) is 18.3. The van der Waals surface area contributed by atoms with Gasteiger partial charge in [0.05, 0.1) is 76.0 Å². The molecular formula is C88H56N16O12Zn. The van der Waals surface area contributed by atoms with Gasteiger partial charge in [-0.15, -0.1) is 0 Å². The molecule has 0 spiro atoms. The molecule has 4 amide bonds. The minimum atomic E-state index is -0.651. The number of fused-ring (bicyclic) bond motifs is 20. The van der Waals surface area contributed by atoms with E-state index in [1.165, 1.54) is 73.4 Å². The second-order valence-corrected chi connectivity index (χ2v) is 25.7. The number of para-hydroxylation sites is 8. The number of carbonyl (C=O) groups excluding carboxylic acids is 4. The van der Waals surface area contributed by atoms with Crippen molar-refractivity contribution in [1.82, 2.24) is 61.6 Å². The molecule has 15 aromatic rings. The Morgan fingerprint density at radius 2 is 0.650 bits per heavy atom. The van der Waals surface area contributed by atoms with Gasteiger partial charge in [0.2, 0.25) is 0 Å². The quantitative estimate of drug-likeness (QED) is 0.0200. The Labute approximate surface area is 674 Å². The van der Waals surface area contributed by atoms with Gasteiger partial charge in [-0.05, 0) is 162 Å². The number of nitrogens with one attached hydrogen (secondary N) is 4. The van der Waals surface area contributed by atoms with Crippen LogP contribution in [-0.2, 0) is 19.5 Å². The number of hydrogen-bond donors (Lipinski definition) is 8. The largest absolute Gasteiger partial charge is 2.00 e. The van der Waals surface area contributed by atoms with Crippen LogP contribution in [0.4, 0.5) is 0 Å². The molecule has 17 rings (SSSR count). The van der Waals surface area contributed by atoms with E-state index in [-0.39, 0.29) is 122 Å². The van der Waals surface area contributed by atoms with Gasteiger partial charge in [-0.1, -0.05) is 121 Å². The number of hydrazone groups is 4. The molecule has 29 heteroatoms. The van der Waals surface area contributed by atoms with Crippen LogP contribution in [0.3, 0.4) is 0 Å². The van der Waals surface area contributed by atoms with Crippen molar-refractivity contribution in [3.63, 3.8) is 0 Å². The zero-order chi connectivity index (χ0) is 79.2. The molecule has 0 saturated heterocycles. The Balaban J connectivity index is 0.0000102. The molecular weight excluding hydrogens is 1540 g/mol. The fraction of sp³-hybridized carbons (Fsp3) is 0. The van der Waals surface area contributed by atoms with Gasteiger partial charge < -0.3 is 69.3 Å². The Kier molecular flexibility index (Phi) is 21.0. The van der Waals surface area contributed by atoms with Crippen molar-refractivity contribution >= 4 is 92.6 Å². The average Bonchev–Trinajstić information content (AvgIpc) is 1.58. The van der Waals surface area contributed by atoms with Crippen LogP contribution >= 0.6 is 0 Å². The van der Waals surface area contributed by atoms with Crippen LogP contribution in [0.1, 0.15) is 63.7 Å². The molecule has 0 atom stereocenters. The topological polar surface area (TPSA) is 389 Å². The maximum atomic E-state index is 13.2. The molecule has 3 aromatic heterocycles. The van der Waals surface area contributed by atoms with Crippen molar-refractivity contribution in [2.45, 2.75) is 0 Å². The summed E-state index contributed by atoms with van der Waals surface area (Å²) in [5.74, 6) is -0.509. The molecule has 8 bridgehead atoms. The summed E-state index contributed by atoms with van der Waals surface area (Å²) in [4.78, 5) is 94.6. The van der Waals surface area contributed by atoms with E-state index in [2.05, 4.69) is 42.1 Å². The van der Waals surface area contributed by atoms with Crippen molar-refractivity contribution < 1.29 is 78.0 Å². The van der Waals surface area contributed by atoms with Crippen LogP contribution in [0.2, 0.25) is 0 Å². The summed E-state index contributed by atoms with van der Waals surface area (Å²) in [6, 6.07) is 73.5. The molecule has 12 aromatic carbocycles. The maximum absolute atomic E-state index is 13.2. The molecule has 8 N–H and O–H groups in total. The number of ether oxygens (including phenoxy) is 4. The minimum Gasteiger partial charge on any atom is -0.507 e. The van der Waals surface area contributed by atoms with Crippen LogP contribution in [-0.4, -0.2) is 98.8 Å². The molecule has 5 heterocycles. The minimum absolute atomic E-state index is 0. The van der Waals surface area contributed by atoms with Gasteiger partial charge in [-0.2, -0.15) is 20.4 Å². The number of hydrogen-bond acceptors (Lipinski definition) is 22. The Morgan fingerprint density at radius 1 is 0.299 bits per heavy atom. The molecule has 0 saturated carbocycles. The number of aromatic nitrogens is 8. The van der Waals surface area contributed by atoms with Gasteiger partial charge in [0.25, 0.3) is 23.6 Å². The second kappa shape index (κ2) is 32.9. The number of phenols is 4. The van der Waals surface area contributed by atoms with Gasteiger partial charge in [0.1, 0.15) is 69.0 Å². The number of carbonyl (C=O) groups is 4. The summed E-state index contributed by atoms with van der Waals surface area (Å²) < 4.78 is 27.1. The summed E-state index contributed by atoms with van der Waals surface area (Å²) in [6.45, 7) is 0. The summed E-state index contributed by atoms with van der Waals surface area (Å²) in [5, 5.41) is 60.2. The molecule has 2 aliphatic heterocycles. The molecule has 0 unspecified atom stereocenters. The van der Waals surface area contributed by atoms with E-state index in [0.717, 1.165) is 0 Å². The molecule has 0 radical (unpaired) electrons.